The minimum atomic E-state index is -5.17. The standard InChI is InChI=1S/C8H2F5IN2O/c9-7(10)5-6(17-8(11,12)13)3(1-15)4(14)2-16-5/h2,7H. The SMILES string of the molecule is N#Cc1c(I)cnc(C(F)F)c1OC(F)(F)F. The number of pyridine rings is 1. The maximum Gasteiger partial charge on any atom is 0.573 e. The Morgan fingerprint density at radius 1 is 1.41 bits per heavy atom. The number of aromatic nitrogens is 1. The Hall–Kier alpha value is -1.18. The summed E-state index contributed by atoms with van der Waals surface area (Å²) in [7, 11) is 0. The van der Waals surface area contributed by atoms with Crippen molar-refractivity contribution in [2.75, 3.05) is 0 Å². The third-order valence-corrected chi connectivity index (χ3v) is 2.37. The van der Waals surface area contributed by atoms with Gasteiger partial charge in [0.15, 0.2) is 5.75 Å². The Kier molecular flexibility index (Phi) is 4.07. The molecule has 0 unspecified atom stereocenters. The molecule has 1 aromatic heterocycles. The zero-order valence-electron chi connectivity index (χ0n) is 7.73. The summed E-state index contributed by atoms with van der Waals surface area (Å²) in [5.41, 5.74) is -1.83. The first-order valence-electron chi connectivity index (χ1n) is 3.88. The van der Waals surface area contributed by atoms with Crippen LogP contribution in [0.25, 0.3) is 0 Å². The van der Waals surface area contributed by atoms with Crippen LogP contribution in [-0.4, -0.2) is 11.3 Å². The van der Waals surface area contributed by atoms with E-state index in [1.807, 2.05) is 0 Å². The second kappa shape index (κ2) is 4.99. The monoisotopic (exact) mass is 364 g/mol. The molecule has 0 bridgehead atoms. The number of ether oxygens (including phenoxy) is 1. The van der Waals surface area contributed by atoms with Crippen LogP contribution in [-0.2, 0) is 0 Å². The molecule has 1 aromatic rings. The predicted octanol–water partition coefficient (Wildman–Crippen LogP) is 3.39. The van der Waals surface area contributed by atoms with E-state index in [9.17, 15) is 22.0 Å². The fourth-order valence-corrected chi connectivity index (χ4v) is 1.47. The van der Waals surface area contributed by atoms with Crippen molar-refractivity contribution in [2.24, 2.45) is 0 Å². The molecular formula is C8H2F5IN2O. The van der Waals surface area contributed by atoms with Crippen molar-refractivity contribution >= 4 is 22.6 Å². The third kappa shape index (κ3) is 3.39. The maximum atomic E-state index is 12.4. The lowest BCUT2D eigenvalue weighted by Crippen LogP contribution is -2.20. The molecule has 0 fully saturated rings. The Balaban J connectivity index is 3.41. The van der Waals surface area contributed by atoms with Crippen LogP contribution in [0.3, 0.4) is 0 Å². The van der Waals surface area contributed by atoms with Gasteiger partial charge in [-0.25, -0.2) is 8.78 Å². The number of hydrogen-bond donors (Lipinski definition) is 0. The Morgan fingerprint density at radius 2 is 2.00 bits per heavy atom. The molecule has 9 heteroatoms. The van der Waals surface area contributed by atoms with Crippen LogP contribution in [0.4, 0.5) is 22.0 Å². The van der Waals surface area contributed by atoms with E-state index in [2.05, 4.69) is 9.72 Å². The summed E-state index contributed by atoms with van der Waals surface area (Å²) in [6.07, 6.45) is -7.55. The number of rotatable bonds is 2. The molecule has 0 aliphatic rings. The van der Waals surface area contributed by atoms with E-state index < -0.39 is 29.8 Å². The van der Waals surface area contributed by atoms with E-state index >= 15 is 0 Å². The van der Waals surface area contributed by atoms with Gasteiger partial charge in [-0.15, -0.1) is 13.2 Å². The number of nitriles is 1. The van der Waals surface area contributed by atoms with E-state index in [1.54, 1.807) is 0 Å². The van der Waals surface area contributed by atoms with Gasteiger partial charge in [0, 0.05) is 6.20 Å². The largest absolute Gasteiger partial charge is 0.573 e. The highest BCUT2D eigenvalue weighted by Crippen LogP contribution is 2.35. The molecule has 0 aliphatic carbocycles. The Morgan fingerprint density at radius 3 is 2.41 bits per heavy atom. The quantitative estimate of drug-likeness (QED) is 0.597. The van der Waals surface area contributed by atoms with Crippen molar-refractivity contribution in [3.63, 3.8) is 0 Å². The number of halogens is 6. The smallest absolute Gasteiger partial charge is 0.402 e. The zero-order chi connectivity index (χ0) is 13.2. The highest BCUT2D eigenvalue weighted by molar-refractivity contribution is 14.1. The third-order valence-electron chi connectivity index (χ3n) is 1.55. The molecule has 0 saturated carbocycles. The highest BCUT2D eigenvalue weighted by Gasteiger charge is 2.35. The van der Waals surface area contributed by atoms with Crippen LogP contribution in [0.5, 0.6) is 5.75 Å². The number of hydrogen-bond acceptors (Lipinski definition) is 3. The van der Waals surface area contributed by atoms with E-state index in [0.29, 0.717) is 0 Å². The maximum absolute atomic E-state index is 12.4. The summed E-state index contributed by atoms with van der Waals surface area (Å²) >= 11 is 1.50. The van der Waals surface area contributed by atoms with Gasteiger partial charge in [0.25, 0.3) is 6.43 Å². The second-order valence-electron chi connectivity index (χ2n) is 2.66. The van der Waals surface area contributed by atoms with Crippen molar-refractivity contribution in [3.8, 4) is 11.8 Å². The number of alkyl halides is 5. The van der Waals surface area contributed by atoms with Crippen molar-refractivity contribution in [2.45, 2.75) is 12.8 Å². The van der Waals surface area contributed by atoms with E-state index in [0.717, 1.165) is 6.20 Å². The van der Waals surface area contributed by atoms with Crippen molar-refractivity contribution in [3.05, 3.63) is 21.0 Å². The molecule has 92 valence electrons. The fourth-order valence-electron chi connectivity index (χ4n) is 0.965. The summed E-state index contributed by atoms with van der Waals surface area (Å²) in [5.74, 6) is -1.25. The van der Waals surface area contributed by atoms with Crippen molar-refractivity contribution in [1.29, 1.82) is 5.26 Å². The molecule has 0 aliphatic heterocycles. The zero-order valence-corrected chi connectivity index (χ0v) is 9.88. The predicted molar refractivity (Wildman–Crippen MR) is 53.3 cm³/mol. The first-order chi connectivity index (χ1) is 7.76. The Labute approximate surface area is 105 Å². The van der Waals surface area contributed by atoms with Crippen LogP contribution < -0.4 is 4.74 Å². The van der Waals surface area contributed by atoms with Crippen LogP contribution >= 0.6 is 22.6 Å². The normalized spacial score (nSPS) is 11.4. The first-order valence-corrected chi connectivity index (χ1v) is 4.96. The molecule has 0 aromatic carbocycles. The highest BCUT2D eigenvalue weighted by atomic mass is 127. The molecule has 1 heterocycles. The van der Waals surface area contributed by atoms with E-state index in [4.69, 9.17) is 5.26 Å². The topological polar surface area (TPSA) is 45.9 Å². The van der Waals surface area contributed by atoms with Gasteiger partial charge >= 0.3 is 6.36 Å². The molecule has 0 atom stereocenters. The van der Waals surface area contributed by atoms with Gasteiger partial charge in [0.2, 0.25) is 0 Å². The minimum Gasteiger partial charge on any atom is -0.402 e. The molecule has 0 spiro atoms. The minimum absolute atomic E-state index is 0.00579. The Bertz CT molecular complexity index is 468. The van der Waals surface area contributed by atoms with Gasteiger partial charge in [0.05, 0.1) is 3.57 Å². The van der Waals surface area contributed by atoms with Gasteiger partial charge in [-0.2, -0.15) is 5.26 Å². The van der Waals surface area contributed by atoms with Crippen LogP contribution in [0.15, 0.2) is 6.20 Å². The lowest BCUT2D eigenvalue weighted by atomic mass is 10.2. The second-order valence-corrected chi connectivity index (χ2v) is 3.82. The van der Waals surface area contributed by atoms with E-state index in [1.165, 1.54) is 28.7 Å². The first kappa shape index (κ1) is 13.9. The average molecular weight is 364 g/mol. The molecule has 17 heavy (non-hydrogen) atoms. The van der Waals surface area contributed by atoms with Gasteiger partial charge in [-0.1, -0.05) is 0 Å². The summed E-state index contributed by atoms with van der Waals surface area (Å²) in [5, 5.41) is 8.63. The molecule has 1 rings (SSSR count). The van der Waals surface area contributed by atoms with Gasteiger partial charge in [-0.05, 0) is 22.6 Å². The lowest BCUT2D eigenvalue weighted by Gasteiger charge is -2.14. The van der Waals surface area contributed by atoms with E-state index in [-0.39, 0.29) is 3.57 Å². The van der Waals surface area contributed by atoms with Crippen molar-refractivity contribution in [1.82, 2.24) is 4.98 Å². The molecular weight excluding hydrogens is 362 g/mol. The van der Waals surface area contributed by atoms with Crippen LogP contribution in [0.1, 0.15) is 17.7 Å². The molecule has 0 radical (unpaired) electrons. The average Bonchev–Trinajstić information content (AvgIpc) is 2.15. The summed E-state index contributed by atoms with van der Waals surface area (Å²) in [4.78, 5) is 3.14. The molecule has 3 nitrogen and oxygen atoms in total. The summed E-state index contributed by atoms with van der Waals surface area (Å²) in [6.45, 7) is 0. The van der Waals surface area contributed by atoms with Gasteiger partial charge in [0.1, 0.15) is 17.3 Å². The lowest BCUT2D eigenvalue weighted by molar-refractivity contribution is -0.275. The van der Waals surface area contributed by atoms with Gasteiger partial charge in [-0.3, -0.25) is 4.98 Å². The summed E-state index contributed by atoms with van der Waals surface area (Å²) < 4.78 is 64.4. The van der Waals surface area contributed by atoms with Crippen LogP contribution in [0, 0.1) is 14.9 Å². The molecule has 0 saturated heterocycles. The van der Waals surface area contributed by atoms with Crippen molar-refractivity contribution < 1.29 is 26.7 Å². The number of nitrogens with zero attached hydrogens (tertiary/aromatic N) is 2. The molecule has 0 amide bonds. The van der Waals surface area contributed by atoms with Crippen LogP contribution in [0.2, 0.25) is 0 Å². The molecule has 0 N–H and O–H groups in total. The fraction of sp³-hybridized carbons (Fsp3) is 0.250. The van der Waals surface area contributed by atoms with Gasteiger partial charge < -0.3 is 4.74 Å². The summed E-state index contributed by atoms with van der Waals surface area (Å²) in [6, 6.07) is 1.38.